The Kier molecular flexibility index (Phi) is 6.29. The van der Waals surface area contributed by atoms with Gasteiger partial charge >= 0.3 is 0 Å². The molecule has 1 unspecified atom stereocenters. The van der Waals surface area contributed by atoms with Crippen molar-refractivity contribution in [3.8, 4) is 22.6 Å². The second kappa shape index (κ2) is 9.83. The average Bonchev–Trinajstić information content (AvgIpc) is 3.40. The maximum Gasteiger partial charge on any atom is 0.227 e. The lowest BCUT2D eigenvalue weighted by molar-refractivity contribution is -0.126. The number of benzene rings is 3. The summed E-state index contributed by atoms with van der Waals surface area (Å²) in [5.74, 6) is 1.35. The van der Waals surface area contributed by atoms with Crippen LogP contribution in [0.5, 0.6) is 11.5 Å². The number of methoxy groups -OCH3 is 1. The zero-order valence-corrected chi connectivity index (χ0v) is 19.1. The van der Waals surface area contributed by atoms with Gasteiger partial charge in [0, 0.05) is 31.5 Å². The average molecular weight is 454 g/mol. The van der Waals surface area contributed by atoms with Crippen LogP contribution in [-0.2, 0) is 24.3 Å². The van der Waals surface area contributed by atoms with Gasteiger partial charge in [-0.25, -0.2) is 4.98 Å². The molecule has 5 rings (SSSR count). The third kappa shape index (κ3) is 4.81. The third-order valence-corrected chi connectivity index (χ3v) is 6.21. The summed E-state index contributed by atoms with van der Waals surface area (Å²) < 4.78 is 13.1. The van der Waals surface area contributed by atoms with Crippen LogP contribution in [0.4, 0.5) is 0 Å². The molecule has 172 valence electrons. The number of aromatic nitrogens is 2. The Balaban J connectivity index is 1.24. The van der Waals surface area contributed by atoms with Crippen LogP contribution >= 0.6 is 0 Å². The van der Waals surface area contributed by atoms with E-state index in [-0.39, 0.29) is 11.8 Å². The van der Waals surface area contributed by atoms with E-state index < -0.39 is 0 Å². The van der Waals surface area contributed by atoms with Crippen molar-refractivity contribution in [2.24, 2.45) is 5.92 Å². The Bertz CT molecular complexity index is 1270. The van der Waals surface area contributed by atoms with Gasteiger partial charge in [-0.05, 0) is 40.3 Å². The Labute approximate surface area is 199 Å². The van der Waals surface area contributed by atoms with Crippen molar-refractivity contribution in [1.82, 2.24) is 14.9 Å². The molecule has 0 fully saturated rings. The van der Waals surface area contributed by atoms with Crippen LogP contribution in [-0.4, -0.2) is 29.2 Å². The smallest absolute Gasteiger partial charge is 0.227 e. The molecular weight excluding hydrogens is 426 g/mol. The molecule has 0 saturated carbocycles. The number of fused-ring (bicyclic) bond motifs is 1. The Morgan fingerprint density at radius 2 is 2.00 bits per heavy atom. The zero-order valence-electron chi connectivity index (χ0n) is 19.1. The minimum Gasteiger partial charge on any atom is -0.497 e. The van der Waals surface area contributed by atoms with Crippen molar-refractivity contribution in [3.05, 3.63) is 102 Å². The molecular formula is C28H27N3O3. The standard InChI is InChI=1S/C28H27N3O3/c1-33-25-11-10-22-14-24(18-34-27(22)15-25)28(32)30-16-23-4-2-3-5-26(23)21-8-6-20(7-9-21)17-31-13-12-29-19-31/h2-13,15,19,24H,14,16-18H2,1H3,(H,30,32). The Morgan fingerprint density at radius 3 is 2.79 bits per heavy atom. The van der Waals surface area contributed by atoms with Crippen LogP contribution in [0, 0.1) is 5.92 Å². The fraction of sp³-hybridized carbons (Fsp3) is 0.214. The molecule has 34 heavy (non-hydrogen) atoms. The number of rotatable bonds is 7. The van der Waals surface area contributed by atoms with E-state index in [1.54, 1.807) is 13.3 Å². The van der Waals surface area contributed by atoms with Gasteiger partial charge in [-0.3, -0.25) is 4.79 Å². The van der Waals surface area contributed by atoms with Gasteiger partial charge in [0.15, 0.2) is 0 Å². The van der Waals surface area contributed by atoms with Crippen LogP contribution < -0.4 is 14.8 Å². The SMILES string of the molecule is COc1ccc2c(c1)OCC(C(=O)NCc1ccccc1-c1ccc(Cn3ccnc3)cc1)C2. The maximum atomic E-state index is 12.9. The minimum absolute atomic E-state index is 0.00644. The molecule has 0 bridgehead atoms. The van der Waals surface area contributed by atoms with E-state index >= 15 is 0 Å². The van der Waals surface area contributed by atoms with E-state index in [2.05, 4.69) is 46.7 Å². The first-order chi connectivity index (χ1) is 16.7. The number of hydrogen-bond donors (Lipinski definition) is 1. The molecule has 0 radical (unpaired) electrons. The highest BCUT2D eigenvalue weighted by Crippen LogP contribution is 2.31. The fourth-order valence-electron chi connectivity index (χ4n) is 4.31. The highest BCUT2D eigenvalue weighted by atomic mass is 16.5. The first kappa shape index (κ1) is 21.8. The first-order valence-electron chi connectivity index (χ1n) is 11.4. The number of carbonyl (C=O) groups is 1. The van der Waals surface area contributed by atoms with E-state index in [0.29, 0.717) is 19.6 Å². The van der Waals surface area contributed by atoms with Gasteiger partial charge in [0.1, 0.15) is 18.1 Å². The van der Waals surface area contributed by atoms with Gasteiger partial charge in [0.25, 0.3) is 0 Å². The Hall–Kier alpha value is -4.06. The van der Waals surface area contributed by atoms with Crippen molar-refractivity contribution < 1.29 is 14.3 Å². The molecule has 0 spiro atoms. The fourth-order valence-corrected chi connectivity index (χ4v) is 4.31. The maximum absolute atomic E-state index is 12.9. The lowest BCUT2D eigenvalue weighted by atomic mass is 9.95. The predicted molar refractivity (Wildman–Crippen MR) is 131 cm³/mol. The van der Waals surface area contributed by atoms with Gasteiger partial charge in [-0.15, -0.1) is 0 Å². The van der Waals surface area contributed by atoms with Crippen molar-refractivity contribution in [2.75, 3.05) is 13.7 Å². The van der Waals surface area contributed by atoms with Crippen LogP contribution in [0.3, 0.4) is 0 Å². The number of carbonyl (C=O) groups excluding carboxylic acids is 1. The lowest BCUT2D eigenvalue weighted by Gasteiger charge is -2.25. The number of hydrogen-bond acceptors (Lipinski definition) is 4. The molecule has 1 amide bonds. The second-order valence-electron chi connectivity index (χ2n) is 8.49. The summed E-state index contributed by atoms with van der Waals surface area (Å²) in [5, 5.41) is 3.12. The first-order valence-corrected chi connectivity index (χ1v) is 11.4. The predicted octanol–water partition coefficient (Wildman–Crippen LogP) is 4.47. The summed E-state index contributed by atoms with van der Waals surface area (Å²) in [7, 11) is 1.63. The lowest BCUT2D eigenvalue weighted by Crippen LogP contribution is -2.37. The summed E-state index contributed by atoms with van der Waals surface area (Å²) in [6, 6.07) is 22.5. The Morgan fingerprint density at radius 1 is 1.15 bits per heavy atom. The molecule has 6 nitrogen and oxygen atoms in total. The molecule has 3 aromatic carbocycles. The van der Waals surface area contributed by atoms with Gasteiger partial charge in [0.05, 0.1) is 19.4 Å². The summed E-state index contributed by atoms with van der Waals surface area (Å²) in [6.07, 6.45) is 6.22. The van der Waals surface area contributed by atoms with Gasteiger partial charge in [-0.1, -0.05) is 54.6 Å². The highest BCUT2D eigenvalue weighted by molar-refractivity contribution is 5.80. The van der Waals surface area contributed by atoms with Crippen molar-refractivity contribution in [1.29, 1.82) is 0 Å². The number of amides is 1. The second-order valence-corrected chi connectivity index (χ2v) is 8.49. The summed E-state index contributed by atoms with van der Waals surface area (Å²) in [5.41, 5.74) is 5.57. The van der Waals surface area contributed by atoms with Gasteiger partial charge < -0.3 is 19.4 Å². The monoisotopic (exact) mass is 453 g/mol. The molecule has 1 atom stereocenters. The number of imidazole rings is 1. The molecule has 6 heteroatoms. The van der Waals surface area contributed by atoms with Gasteiger partial charge in [-0.2, -0.15) is 0 Å². The third-order valence-electron chi connectivity index (χ3n) is 6.21. The normalized spacial score (nSPS) is 14.7. The van der Waals surface area contributed by atoms with Crippen LogP contribution in [0.15, 0.2) is 85.5 Å². The molecule has 0 saturated heterocycles. The number of nitrogens with zero attached hydrogens (tertiary/aromatic N) is 2. The van der Waals surface area contributed by atoms with Crippen LogP contribution in [0.2, 0.25) is 0 Å². The molecule has 1 N–H and O–H groups in total. The molecule has 0 aliphatic carbocycles. The summed E-state index contributed by atoms with van der Waals surface area (Å²) in [6.45, 7) is 1.63. The highest BCUT2D eigenvalue weighted by Gasteiger charge is 2.26. The van der Waals surface area contributed by atoms with E-state index in [0.717, 1.165) is 40.3 Å². The molecule has 1 aliphatic heterocycles. The van der Waals surface area contributed by atoms with E-state index in [1.807, 2.05) is 47.4 Å². The van der Waals surface area contributed by atoms with Crippen LogP contribution in [0.1, 0.15) is 16.7 Å². The van der Waals surface area contributed by atoms with Crippen molar-refractivity contribution >= 4 is 5.91 Å². The topological polar surface area (TPSA) is 65.4 Å². The minimum atomic E-state index is -0.212. The van der Waals surface area contributed by atoms with Crippen molar-refractivity contribution in [2.45, 2.75) is 19.5 Å². The van der Waals surface area contributed by atoms with E-state index in [9.17, 15) is 4.79 Å². The van der Waals surface area contributed by atoms with E-state index in [4.69, 9.17) is 9.47 Å². The molecule has 4 aromatic rings. The van der Waals surface area contributed by atoms with Crippen molar-refractivity contribution in [3.63, 3.8) is 0 Å². The zero-order chi connectivity index (χ0) is 23.3. The summed E-state index contributed by atoms with van der Waals surface area (Å²) in [4.78, 5) is 17.0. The molecule has 1 aromatic heterocycles. The number of ether oxygens (including phenoxy) is 2. The van der Waals surface area contributed by atoms with Crippen LogP contribution in [0.25, 0.3) is 11.1 Å². The molecule has 2 heterocycles. The molecule has 1 aliphatic rings. The van der Waals surface area contributed by atoms with E-state index in [1.165, 1.54) is 5.56 Å². The summed E-state index contributed by atoms with van der Waals surface area (Å²) >= 11 is 0. The number of nitrogens with one attached hydrogen (secondary N) is 1. The quantitative estimate of drug-likeness (QED) is 0.448. The van der Waals surface area contributed by atoms with Gasteiger partial charge in [0.2, 0.25) is 5.91 Å². The largest absolute Gasteiger partial charge is 0.497 e.